The van der Waals surface area contributed by atoms with Crippen LogP contribution in [0.3, 0.4) is 0 Å². The second kappa shape index (κ2) is 8.54. The maximum absolute atomic E-state index is 4.50. The van der Waals surface area contributed by atoms with E-state index >= 15 is 0 Å². The minimum atomic E-state index is -1.23. The summed E-state index contributed by atoms with van der Waals surface area (Å²) in [6.45, 7) is 9.39. The van der Waals surface area contributed by atoms with Crippen molar-refractivity contribution in [1.29, 1.82) is 0 Å². The Morgan fingerprint density at radius 2 is 1.60 bits per heavy atom. The van der Waals surface area contributed by atoms with Crippen molar-refractivity contribution >= 4 is 31.5 Å². The van der Waals surface area contributed by atoms with Gasteiger partial charge in [0.2, 0.25) is 0 Å². The van der Waals surface area contributed by atoms with Crippen LogP contribution in [-0.2, 0) is 17.4 Å². The van der Waals surface area contributed by atoms with Crippen LogP contribution in [0.5, 0.6) is 0 Å². The molecule has 0 spiro atoms. The van der Waals surface area contributed by atoms with Gasteiger partial charge in [-0.25, -0.2) is 0 Å². The van der Waals surface area contributed by atoms with E-state index in [-0.39, 0.29) is 24.8 Å². The molecule has 0 amide bonds. The molecule has 0 aromatic carbocycles. The van der Waals surface area contributed by atoms with E-state index in [1.165, 1.54) is 32.1 Å². The molecule has 4 bridgehead atoms. The summed E-state index contributed by atoms with van der Waals surface area (Å²) >= 11 is -1.23. The number of nitrogens with one attached hydrogen (secondary N) is 1. The molecule has 0 aromatic heterocycles. The van der Waals surface area contributed by atoms with Crippen molar-refractivity contribution in [3.63, 3.8) is 0 Å². The SMILES string of the molecule is CCC1=C(C)C[C]([Ti]([NH]C23CC4CC(CC(C4)C2)C3)[SiH](C)C)=C1.Cl.Cl. The van der Waals surface area contributed by atoms with Gasteiger partial charge in [-0.15, -0.1) is 24.8 Å². The minimum Gasteiger partial charge on any atom is -0.147 e. The molecule has 143 valence electrons. The summed E-state index contributed by atoms with van der Waals surface area (Å²) in [5.41, 5.74) is 3.92. The summed E-state index contributed by atoms with van der Waals surface area (Å²) in [5, 5.41) is 0. The topological polar surface area (TPSA) is 12.0 Å². The van der Waals surface area contributed by atoms with E-state index in [4.69, 9.17) is 0 Å². The fraction of sp³-hybridized carbons (Fsp3) is 0.800. The molecular formula is C20H36Cl2NSiTi. The van der Waals surface area contributed by atoms with Crippen LogP contribution in [0.4, 0.5) is 0 Å². The van der Waals surface area contributed by atoms with Gasteiger partial charge in [0, 0.05) is 0 Å². The molecule has 5 rings (SSSR count). The average molecular weight is 437 g/mol. The molecule has 0 atom stereocenters. The van der Waals surface area contributed by atoms with Crippen molar-refractivity contribution < 1.29 is 17.4 Å². The van der Waals surface area contributed by atoms with E-state index in [1.54, 1.807) is 30.4 Å². The molecule has 0 radical (unpaired) electrons. The first-order valence-electron chi connectivity index (χ1n) is 10.0. The fourth-order valence-electron chi connectivity index (χ4n) is 6.51. The largest absolute Gasteiger partial charge is 0.147 e. The molecule has 5 aliphatic rings. The molecule has 0 heterocycles. The van der Waals surface area contributed by atoms with Gasteiger partial charge in [-0.1, -0.05) is 0 Å². The smallest absolute Gasteiger partial charge is 0.147 e. The van der Waals surface area contributed by atoms with Gasteiger partial charge < -0.3 is 0 Å². The zero-order chi connectivity index (χ0) is 16.2. The van der Waals surface area contributed by atoms with Gasteiger partial charge in [-0.05, 0) is 0 Å². The van der Waals surface area contributed by atoms with Crippen LogP contribution in [0, 0.1) is 17.8 Å². The Morgan fingerprint density at radius 3 is 2.00 bits per heavy atom. The molecule has 1 N–H and O–H groups in total. The predicted octanol–water partition coefficient (Wildman–Crippen LogP) is 5.92. The van der Waals surface area contributed by atoms with E-state index < -0.39 is 24.0 Å². The van der Waals surface area contributed by atoms with E-state index in [9.17, 15) is 0 Å². The number of halogens is 2. The summed E-state index contributed by atoms with van der Waals surface area (Å²) in [6, 6.07) is 0. The van der Waals surface area contributed by atoms with Crippen molar-refractivity contribution in [3.8, 4) is 0 Å². The summed E-state index contributed by atoms with van der Waals surface area (Å²) in [4.78, 5) is 0. The van der Waals surface area contributed by atoms with E-state index in [1.807, 2.05) is 3.88 Å². The zero-order valence-corrected chi connectivity index (χ0v) is 20.7. The average Bonchev–Trinajstić information content (AvgIpc) is 2.84. The van der Waals surface area contributed by atoms with Crippen molar-refractivity contribution in [2.45, 2.75) is 83.8 Å². The Morgan fingerprint density at radius 1 is 1.08 bits per heavy atom. The summed E-state index contributed by atoms with van der Waals surface area (Å²) in [7, 11) is 0. The fourth-order valence-corrected chi connectivity index (χ4v) is 17.2. The van der Waals surface area contributed by atoms with Crippen LogP contribution < -0.4 is 3.80 Å². The Bertz CT molecular complexity index is 523. The van der Waals surface area contributed by atoms with Gasteiger partial charge in [-0.3, -0.25) is 0 Å². The van der Waals surface area contributed by atoms with Crippen LogP contribution in [0.1, 0.15) is 65.2 Å². The maximum atomic E-state index is 4.50. The van der Waals surface area contributed by atoms with E-state index in [0.717, 1.165) is 17.8 Å². The third-order valence-corrected chi connectivity index (χ3v) is 18.6. The van der Waals surface area contributed by atoms with Gasteiger partial charge >= 0.3 is 151 Å². The van der Waals surface area contributed by atoms with Gasteiger partial charge in [0.25, 0.3) is 0 Å². The second-order valence-corrected chi connectivity index (χ2v) is 22.2. The Balaban J connectivity index is 0.00000113. The van der Waals surface area contributed by atoms with Crippen molar-refractivity contribution in [1.82, 2.24) is 3.80 Å². The third-order valence-electron chi connectivity index (χ3n) is 7.09. The Kier molecular flexibility index (Phi) is 7.59. The summed E-state index contributed by atoms with van der Waals surface area (Å²) < 4.78 is 6.40. The standard InChI is InChI=1S/C10H16N.C8H11.C2H7Si.2ClH.Ti/c11-10-4-7-1-8(5-10)3-9(2-7)6-10;1-3-8-6-4-5-7(8)2;1-3-2;;;/h7-9,11H,1-6H2;6H,3,5H2,1-2H3;3H,1-2H3;2*1H;/q-1;;;;;+1. The number of allylic oxidation sites excluding steroid dienone is 4. The maximum Gasteiger partial charge on any atom is -0.147 e. The molecule has 4 saturated carbocycles. The first-order valence-corrected chi connectivity index (χ1v) is 17.2. The van der Waals surface area contributed by atoms with Crippen LogP contribution in [0.2, 0.25) is 13.1 Å². The van der Waals surface area contributed by atoms with E-state index in [2.05, 4.69) is 36.8 Å². The molecule has 5 aliphatic carbocycles. The normalized spacial score (nSPS) is 35.6. The molecular weight excluding hydrogens is 401 g/mol. The quantitative estimate of drug-likeness (QED) is 0.527. The molecule has 25 heavy (non-hydrogen) atoms. The Labute approximate surface area is 174 Å². The molecule has 0 saturated heterocycles. The van der Waals surface area contributed by atoms with Gasteiger partial charge in [0.1, 0.15) is 0 Å². The van der Waals surface area contributed by atoms with Crippen LogP contribution in [0.15, 0.2) is 21.1 Å². The summed E-state index contributed by atoms with van der Waals surface area (Å²) in [6.07, 6.45) is 14.5. The van der Waals surface area contributed by atoms with Crippen molar-refractivity contribution in [2.75, 3.05) is 0 Å². The molecule has 0 aliphatic heterocycles. The number of hydrogen-bond donors (Lipinski definition) is 1. The monoisotopic (exact) mass is 436 g/mol. The van der Waals surface area contributed by atoms with Crippen molar-refractivity contribution in [2.24, 2.45) is 17.8 Å². The van der Waals surface area contributed by atoms with Crippen molar-refractivity contribution in [3.05, 3.63) is 21.1 Å². The predicted molar refractivity (Wildman–Crippen MR) is 113 cm³/mol. The number of rotatable bonds is 5. The van der Waals surface area contributed by atoms with Gasteiger partial charge in [0.05, 0.1) is 0 Å². The first-order chi connectivity index (χ1) is 11.0. The van der Waals surface area contributed by atoms with Crippen LogP contribution in [0.25, 0.3) is 0 Å². The Hall–Kier alpha value is 0.951. The number of hydrogen-bond acceptors (Lipinski definition) is 1. The molecule has 5 heteroatoms. The molecule has 0 aromatic rings. The van der Waals surface area contributed by atoms with Crippen LogP contribution >= 0.6 is 24.8 Å². The molecule has 0 unspecified atom stereocenters. The third kappa shape index (κ3) is 4.35. The molecule has 4 fully saturated rings. The second-order valence-electron chi connectivity index (χ2n) is 9.40. The van der Waals surface area contributed by atoms with E-state index in [0.29, 0.717) is 5.54 Å². The minimum absolute atomic E-state index is 0. The molecule has 1 nitrogen and oxygen atoms in total. The van der Waals surface area contributed by atoms with Crippen LogP contribution in [-0.4, -0.2) is 12.2 Å². The van der Waals surface area contributed by atoms with Gasteiger partial charge in [-0.2, -0.15) is 0 Å². The zero-order valence-electron chi connectivity index (χ0n) is 16.4. The van der Waals surface area contributed by atoms with Gasteiger partial charge in [0.15, 0.2) is 0 Å². The summed E-state index contributed by atoms with van der Waals surface area (Å²) in [5.74, 6) is 3.22. The first kappa shape index (κ1) is 22.2.